The molecule has 1 aromatic carbocycles. The monoisotopic (exact) mass is 354 g/mol. The lowest BCUT2D eigenvalue weighted by Gasteiger charge is -2.27. The Hall–Kier alpha value is -0.900. The molecule has 0 saturated carbocycles. The van der Waals surface area contributed by atoms with Gasteiger partial charge in [-0.3, -0.25) is 0 Å². The van der Waals surface area contributed by atoms with Gasteiger partial charge in [-0.15, -0.1) is 4.83 Å². The smallest absolute Gasteiger partial charge is 0.338 e. The van der Waals surface area contributed by atoms with Gasteiger partial charge in [0.25, 0.3) is 10.0 Å². The Balaban J connectivity index is 2.36. The molecule has 1 aliphatic rings. The molecular formula is C11H12Cl2N2O5S. The first-order valence-corrected chi connectivity index (χ1v) is 8.13. The molecule has 1 aliphatic heterocycles. The van der Waals surface area contributed by atoms with E-state index in [0.29, 0.717) is 26.3 Å². The van der Waals surface area contributed by atoms with E-state index < -0.39 is 26.6 Å². The van der Waals surface area contributed by atoms with Crippen LogP contribution in [0.5, 0.6) is 0 Å². The van der Waals surface area contributed by atoms with Gasteiger partial charge < -0.3 is 9.84 Å². The molecule has 0 aromatic heterocycles. The zero-order valence-corrected chi connectivity index (χ0v) is 13.0. The number of sulfonamides is 1. The standard InChI is InChI=1S/C11H12Cl2N2O5S/c12-7-1-2-8(10(13)9(7)11(16)17)21(18,19)14-15-3-5-20-6-4-15/h1-2,14H,3-6H2,(H,16,17). The van der Waals surface area contributed by atoms with Gasteiger partial charge in [0.05, 0.1) is 28.8 Å². The summed E-state index contributed by atoms with van der Waals surface area (Å²) in [5, 5.41) is 9.96. The summed E-state index contributed by atoms with van der Waals surface area (Å²) in [4.78, 5) is 13.1. The summed E-state index contributed by atoms with van der Waals surface area (Å²) in [6.45, 7) is 1.57. The predicted octanol–water partition coefficient (Wildman–Crippen LogP) is 1.22. The van der Waals surface area contributed by atoms with Gasteiger partial charge in [-0.25, -0.2) is 18.2 Å². The Labute approximate surface area is 131 Å². The third kappa shape index (κ3) is 3.65. The number of aromatic carboxylic acids is 1. The fourth-order valence-corrected chi connectivity index (χ4v) is 3.85. The van der Waals surface area contributed by atoms with Crippen molar-refractivity contribution in [3.8, 4) is 0 Å². The number of carboxylic acid groups (broad SMARTS) is 1. The van der Waals surface area contributed by atoms with E-state index in [-0.39, 0.29) is 9.92 Å². The van der Waals surface area contributed by atoms with Gasteiger partial charge >= 0.3 is 5.97 Å². The number of hydrogen-bond donors (Lipinski definition) is 2. The molecule has 1 aromatic rings. The highest BCUT2D eigenvalue weighted by molar-refractivity contribution is 7.89. The fourth-order valence-electron chi connectivity index (χ4n) is 1.81. The largest absolute Gasteiger partial charge is 0.478 e. The van der Waals surface area contributed by atoms with Crippen LogP contribution in [0.3, 0.4) is 0 Å². The van der Waals surface area contributed by atoms with Crippen LogP contribution >= 0.6 is 23.2 Å². The van der Waals surface area contributed by atoms with Crippen LogP contribution in [0.25, 0.3) is 0 Å². The van der Waals surface area contributed by atoms with E-state index in [0.717, 1.165) is 0 Å². The van der Waals surface area contributed by atoms with Crippen LogP contribution in [0.4, 0.5) is 0 Å². The summed E-state index contributed by atoms with van der Waals surface area (Å²) < 4.78 is 29.7. The Morgan fingerprint density at radius 2 is 1.90 bits per heavy atom. The van der Waals surface area contributed by atoms with Crippen molar-refractivity contribution in [2.75, 3.05) is 26.3 Å². The Morgan fingerprint density at radius 1 is 1.29 bits per heavy atom. The van der Waals surface area contributed by atoms with Crippen LogP contribution in [0, 0.1) is 0 Å². The second kappa shape index (κ2) is 6.47. The minimum absolute atomic E-state index is 0.127. The molecule has 0 aliphatic carbocycles. The highest BCUT2D eigenvalue weighted by Gasteiger charge is 2.26. The quantitative estimate of drug-likeness (QED) is 0.843. The second-order valence-electron chi connectivity index (χ2n) is 4.23. The summed E-state index contributed by atoms with van der Waals surface area (Å²) in [6, 6.07) is 2.35. The summed E-state index contributed by atoms with van der Waals surface area (Å²) in [6.07, 6.45) is 0. The Bertz CT molecular complexity index is 659. The topological polar surface area (TPSA) is 95.9 Å². The Morgan fingerprint density at radius 3 is 2.48 bits per heavy atom. The number of hydrazine groups is 1. The van der Waals surface area contributed by atoms with E-state index >= 15 is 0 Å². The zero-order valence-electron chi connectivity index (χ0n) is 10.7. The van der Waals surface area contributed by atoms with Gasteiger partial charge in [0.15, 0.2) is 0 Å². The predicted molar refractivity (Wildman–Crippen MR) is 76.1 cm³/mol. The maximum absolute atomic E-state index is 12.3. The summed E-state index contributed by atoms with van der Waals surface area (Å²) >= 11 is 11.6. The van der Waals surface area contributed by atoms with E-state index in [2.05, 4.69) is 4.83 Å². The lowest BCUT2D eigenvalue weighted by molar-refractivity contribution is 0.0272. The van der Waals surface area contributed by atoms with Crippen molar-refractivity contribution >= 4 is 39.2 Å². The van der Waals surface area contributed by atoms with Crippen molar-refractivity contribution < 1.29 is 23.1 Å². The minimum atomic E-state index is -4.00. The van der Waals surface area contributed by atoms with E-state index in [9.17, 15) is 13.2 Å². The minimum Gasteiger partial charge on any atom is -0.478 e. The first-order chi connectivity index (χ1) is 9.83. The molecule has 1 heterocycles. The van der Waals surface area contributed by atoms with E-state index in [4.69, 9.17) is 33.0 Å². The van der Waals surface area contributed by atoms with E-state index in [1.165, 1.54) is 17.1 Å². The third-order valence-electron chi connectivity index (χ3n) is 2.82. The number of nitrogens with one attached hydrogen (secondary N) is 1. The first kappa shape index (κ1) is 16.5. The van der Waals surface area contributed by atoms with Crippen LogP contribution in [0.2, 0.25) is 10.0 Å². The number of hydrogen-bond acceptors (Lipinski definition) is 5. The second-order valence-corrected chi connectivity index (χ2v) is 6.65. The summed E-state index contributed by atoms with van der Waals surface area (Å²) in [5.74, 6) is -1.39. The van der Waals surface area contributed by atoms with Gasteiger partial charge in [0.2, 0.25) is 0 Å². The number of rotatable bonds is 4. The molecule has 0 bridgehead atoms. The molecular weight excluding hydrogens is 343 g/mol. The number of ether oxygens (including phenoxy) is 1. The molecule has 21 heavy (non-hydrogen) atoms. The van der Waals surface area contributed by atoms with Gasteiger partial charge in [0, 0.05) is 13.1 Å². The molecule has 2 N–H and O–H groups in total. The SMILES string of the molecule is O=C(O)c1c(Cl)ccc(S(=O)(=O)NN2CCOCC2)c1Cl. The summed E-state index contributed by atoms with van der Waals surface area (Å²) in [7, 11) is -4.00. The molecule has 116 valence electrons. The van der Waals surface area contributed by atoms with Gasteiger partial charge in [-0.2, -0.15) is 0 Å². The van der Waals surface area contributed by atoms with Crippen molar-refractivity contribution in [2.45, 2.75) is 4.90 Å². The van der Waals surface area contributed by atoms with Crippen molar-refractivity contribution in [3.05, 3.63) is 27.7 Å². The highest BCUT2D eigenvalue weighted by Crippen LogP contribution is 2.31. The molecule has 0 amide bonds. The van der Waals surface area contributed by atoms with Crippen molar-refractivity contribution in [1.29, 1.82) is 0 Å². The van der Waals surface area contributed by atoms with Gasteiger partial charge in [0.1, 0.15) is 4.90 Å². The number of halogens is 2. The normalized spacial score (nSPS) is 16.9. The maximum atomic E-state index is 12.3. The Kier molecular flexibility index (Phi) is 5.07. The number of carboxylic acids is 1. The summed E-state index contributed by atoms with van der Waals surface area (Å²) in [5.41, 5.74) is -0.441. The molecule has 0 spiro atoms. The maximum Gasteiger partial charge on any atom is 0.338 e. The van der Waals surface area contributed by atoms with E-state index in [1.54, 1.807) is 0 Å². The number of benzene rings is 1. The molecule has 2 rings (SSSR count). The van der Waals surface area contributed by atoms with Crippen molar-refractivity contribution in [3.63, 3.8) is 0 Å². The lowest BCUT2D eigenvalue weighted by atomic mass is 10.2. The van der Waals surface area contributed by atoms with Crippen molar-refractivity contribution in [1.82, 2.24) is 9.84 Å². The lowest BCUT2D eigenvalue weighted by Crippen LogP contribution is -2.48. The molecule has 10 heteroatoms. The van der Waals surface area contributed by atoms with Gasteiger partial charge in [-0.1, -0.05) is 23.2 Å². The zero-order chi connectivity index (χ0) is 15.6. The number of morpholine rings is 1. The van der Waals surface area contributed by atoms with Crippen molar-refractivity contribution in [2.24, 2.45) is 0 Å². The van der Waals surface area contributed by atoms with Crippen LogP contribution in [-0.2, 0) is 14.8 Å². The average molecular weight is 355 g/mol. The molecule has 7 nitrogen and oxygen atoms in total. The highest BCUT2D eigenvalue weighted by atomic mass is 35.5. The number of carbonyl (C=O) groups is 1. The third-order valence-corrected chi connectivity index (χ3v) is 5.06. The molecule has 0 atom stereocenters. The molecule has 1 saturated heterocycles. The van der Waals surface area contributed by atoms with Crippen LogP contribution < -0.4 is 4.83 Å². The first-order valence-electron chi connectivity index (χ1n) is 5.89. The average Bonchev–Trinajstić information content (AvgIpc) is 2.38. The number of nitrogens with zero attached hydrogens (tertiary/aromatic N) is 1. The van der Waals surface area contributed by atoms with Crippen LogP contribution in [0.15, 0.2) is 17.0 Å². The van der Waals surface area contributed by atoms with E-state index in [1.807, 2.05) is 0 Å². The molecule has 0 radical (unpaired) electrons. The fraction of sp³-hybridized carbons (Fsp3) is 0.364. The van der Waals surface area contributed by atoms with Crippen LogP contribution in [-0.4, -0.2) is 50.8 Å². The molecule has 0 unspecified atom stereocenters. The molecule has 1 fully saturated rings. The van der Waals surface area contributed by atoms with Gasteiger partial charge in [-0.05, 0) is 12.1 Å². The van der Waals surface area contributed by atoms with Crippen LogP contribution in [0.1, 0.15) is 10.4 Å².